The van der Waals surface area contributed by atoms with Crippen molar-refractivity contribution >= 4 is 23.2 Å². The number of hydrogen-bond acceptors (Lipinski definition) is 3. The van der Waals surface area contributed by atoms with Crippen molar-refractivity contribution < 1.29 is 14.3 Å². The van der Waals surface area contributed by atoms with Crippen LogP contribution in [0.15, 0.2) is 36.4 Å². The highest BCUT2D eigenvalue weighted by molar-refractivity contribution is 6.06. The molecule has 22 heavy (non-hydrogen) atoms. The van der Waals surface area contributed by atoms with Crippen LogP contribution in [0.3, 0.4) is 0 Å². The maximum absolute atomic E-state index is 12.4. The van der Waals surface area contributed by atoms with E-state index >= 15 is 0 Å². The van der Waals surface area contributed by atoms with Crippen molar-refractivity contribution in [3.63, 3.8) is 0 Å². The lowest BCUT2D eigenvalue weighted by atomic mass is 10.1. The Morgan fingerprint density at radius 3 is 2.77 bits per heavy atom. The van der Waals surface area contributed by atoms with Gasteiger partial charge in [-0.3, -0.25) is 9.59 Å². The molecule has 2 aromatic rings. The molecule has 2 amide bonds. The Hall–Kier alpha value is -2.82. The molecule has 0 unspecified atom stereocenters. The van der Waals surface area contributed by atoms with E-state index in [4.69, 9.17) is 4.74 Å². The first-order valence-corrected chi connectivity index (χ1v) is 6.98. The Bertz CT molecular complexity index is 768. The molecule has 112 valence electrons. The quantitative estimate of drug-likeness (QED) is 0.895. The van der Waals surface area contributed by atoms with Crippen molar-refractivity contribution in [1.29, 1.82) is 0 Å². The van der Waals surface area contributed by atoms with E-state index in [0.717, 1.165) is 16.8 Å². The van der Waals surface area contributed by atoms with Crippen LogP contribution in [0.5, 0.6) is 5.75 Å². The minimum absolute atomic E-state index is 0.00110. The summed E-state index contributed by atoms with van der Waals surface area (Å²) in [6, 6.07) is 10.8. The van der Waals surface area contributed by atoms with Crippen LogP contribution in [0.1, 0.15) is 21.5 Å². The molecule has 2 aromatic carbocycles. The van der Waals surface area contributed by atoms with E-state index in [1.54, 1.807) is 18.2 Å². The number of fused-ring (bicyclic) bond motifs is 1. The van der Waals surface area contributed by atoms with Gasteiger partial charge in [0.05, 0.1) is 5.69 Å². The number of ether oxygens (including phenoxy) is 1. The Morgan fingerprint density at radius 1 is 1.18 bits per heavy atom. The van der Waals surface area contributed by atoms with Gasteiger partial charge in [0.2, 0.25) is 0 Å². The maximum Gasteiger partial charge on any atom is 0.262 e. The predicted molar refractivity (Wildman–Crippen MR) is 84.4 cm³/mol. The average molecular weight is 296 g/mol. The zero-order valence-corrected chi connectivity index (χ0v) is 12.4. The number of rotatable bonds is 2. The number of benzene rings is 2. The molecular weight excluding hydrogens is 280 g/mol. The van der Waals surface area contributed by atoms with Crippen LogP contribution in [0, 0.1) is 13.8 Å². The molecule has 5 nitrogen and oxygen atoms in total. The zero-order chi connectivity index (χ0) is 15.7. The van der Waals surface area contributed by atoms with Gasteiger partial charge in [-0.05, 0) is 43.7 Å². The number of aryl methyl sites for hydroxylation is 2. The Balaban J connectivity index is 1.83. The molecule has 0 atom stereocenters. The number of amides is 2. The van der Waals surface area contributed by atoms with Gasteiger partial charge in [-0.15, -0.1) is 0 Å². The van der Waals surface area contributed by atoms with E-state index in [1.807, 2.05) is 32.0 Å². The summed E-state index contributed by atoms with van der Waals surface area (Å²) >= 11 is 0. The second-order valence-electron chi connectivity index (χ2n) is 5.32. The van der Waals surface area contributed by atoms with Crippen molar-refractivity contribution in [2.45, 2.75) is 13.8 Å². The molecule has 0 saturated carbocycles. The lowest BCUT2D eigenvalue weighted by Gasteiger charge is -2.18. The molecule has 5 heteroatoms. The summed E-state index contributed by atoms with van der Waals surface area (Å²) in [4.78, 5) is 23.7. The Labute approximate surface area is 128 Å². The zero-order valence-electron chi connectivity index (χ0n) is 12.4. The van der Waals surface area contributed by atoms with Gasteiger partial charge < -0.3 is 15.4 Å². The van der Waals surface area contributed by atoms with E-state index < -0.39 is 0 Å². The molecule has 0 bridgehead atoms. The largest absolute Gasteiger partial charge is 0.482 e. The molecule has 1 aliphatic heterocycles. The van der Waals surface area contributed by atoms with Gasteiger partial charge in [-0.2, -0.15) is 0 Å². The summed E-state index contributed by atoms with van der Waals surface area (Å²) in [6.45, 7) is 3.95. The van der Waals surface area contributed by atoms with Crippen LogP contribution in [0.2, 0.25) is 0 Å². The molecule has 2 N–H and O–H groups in total. The Morgan fingerprint density at radius 2 is 2.00 bits per heavy atom. The predicted octanol–water partition coefficient (Wildman–Crippen LogP) is 2.89. The van der Waals surface area contributed by atoms with E-state index in [9.17, 15) is 9.59 Å². The van der Waals surface area contributed by atoms with Crippen molar-refractivity contribution in [1.82, 2.24) is 0 Å². The second kappa shape index (κ2) is 5.52. The first-order valence-electron chi connectivity index (χ1n) is 6.98. The summed E-state index contributed by atoms with van der Waals surface area (Å²) in [7, 11) is 0. The third-order valence-electron chi connectivity index (χ3n) is 3.50. The fourth-order valence-electron chi connectivity index (χ4n) is 2.37. The van der Waals surface area contributed by atoms with Crippen molar-refractivity contribution in [3.05, 3.63) is 53.1 Å². The molecule has 0 aliphatic carbocycles. The van der Waals surface area contributed by atoms with E-state index in [0.29, 0.717) is 17.0 Å². The number of carbonyl (C=O) groups is 2. The maximum atomic E-state index is 12.4. The van der Waals surface area contributed by atoms with Gasteiger partial charge in [0.1, 0.15) is 5.75 Å². The molecule has 0 spiro atoms. The van der Waals surface area contributed by atoms with Crippen LogP contribution < -0.4 is 15.4 Å². The smallest absolute Gasteiger partial charge is 0.262 e. The Kier molecular flexibility index (Phi) is 3.55. The summed E-state index contributed by atoms with van der Waals surface area (Å²) in [5.41, 5.74) is 3.90. The topological polar surface area (TPSA) is 67.4 Å². The number of hydrogen-bond donors (Lipinski definition) is 2. The molecule has 0 saturated heterocycles. The van der Waals surface area contributed by atoms with E-state index in [1.165, 1.54) is 0 Å². The minimum Gasteiger partial charge on any atom is -0.482 e. The van der Waals surface area contributed by atoms with E-state index in [2.05, 4.69) is 10.6 Å². The first-order chi connectivity index (χ1) is 10.5. The van der Waals surface area contributed by atoms with E-state index in [-0.39, 0.29) is 18.4 Å². The highest BCUT2D eigenvalue weighted by Crippen LogP contribution is 2.29. The summed E-state index contributed by atoms with van der Waals surface area (Å²) in [5.74, 6) is 0.122. The number of nitrogens with one attached hydrogen (secondary N) is 2. The molecular formula is C17H16N2O3. The molecule has 1 aliphatic rings. The van der Waals surface area contributed by atoms with Gasteiger partial charge in [-0.1, -0.05) is 17.7 Å². The molecule has 0 fully saturated rings. The highest BCUT2D eigenvalue weighted by Gasteiger charge is 2.18. The van der Waals surface area contributed by atoms with Crippen LogP contribution in [0.25, 0.3) is 0 Å². The van der Waals surface area contributed by atoms with Crippen LogP contribution in [-0.4, -0.2) is 18.4 Å². The van der Waals surface area contributed by atoms with Crippen molar-refractivity contribution in [2.75, 3.05) is 17.2 Å². The van der Waals surface area contributed by atoms with Crippen molar-refractivity contribution in [3.8, 4) is 5.75 Å². The third-order valence-corrected chi connectivity index (χ3v) is 3.50. The lowest BCUT2D eigenvalue weighted by Crippen LogP contribution is -2.25. The van der Waals surface area contributed by atoms with Gasteiger partial charge in [0.25, 0.3) is 11.8 Å². The van der Waals surface area contributed by atoms with Gasteiger partial charge >= 0.3 is 0 Å². The number of carbonyl (C=O) groups excluding carboxylic acids is 2. The van der Waals surface area contributed by atoms with Crippen molar-refractivity contribution in [2.24, 2.45) is 0 Å². The summed E-state index contributed by atoms with van der Waals surface area (Å²) < 4.78 is 5.28. The first kappa shape index (κ1) is 14.1. The minimum atomic E-state index is -0.227. The fourth-order valence-corrected chi connectivity index (χ4v) is 2.37. The highest BCUT2D eigenvalue weighted by atomic mass is 16.5. The second-order valence-corrected chi connectivity index (χ2v) is 5.32. The standard InChI is InChI=1S/C17H16N2O3/c1-10-3-5-13(11(2)7-10)19-17(21)12-4-6-15-14(8-12)18-16(20)9-22-15/h3-8H,9H2,1-2H3,(H,18,20)(H,19,21). The van der Waals surface area contributed by atoms with Gasteiger partial charge in [0, 0.05) is 11.3 Å². The normalized spacial score (nSPS) is 12.9. The molecule has 3 rings (SSSR count). The average Bonchev–Trinajstić information content (AvgIpc) is 2.49. The molecule has 0 aromatic heterocycles. The molecule has 0 radical (unpaired) electrons. The fraction of sp³-hybridized carbons (Fsp3) is 0.176. The SMILES string of the molecule is Cc1ccc(NC(=O)c2ccc3c(c2)NC(=O)CO3)c(C)c1. The third kappa shape index (κ3) is 2.79. The molecule has 1 heterocycles. The monoisotopic (exact) mass is 296 g/mol. The van der Waals surface area contributed by atoms with Gasteiger partial charge in [-0.25, -0.2) is 0 Å². The summed E-state index contributed by atoms with van der Waals surface area (Å²) in [5, 5.41) is 5.57. The van der Waals surface area contributed by atoms with Crippen LogP contribution in [0.4, 0.5) is 11.4 Å². The number of anilines is 2. The van der Waals surface area contributed by atoms with Gasteiger partial charge in [0.15, 0.2) is 6.61 Å². The lowest BCUT2D eigenvalue weighted by molar-refractivity contribution is -0.118. The summed E-state index contributed by atoms with van der Waals surface area (Å²) in [6.07, 6.45) is 0. The van der Waals surface area contributed by atoms with Crippen LogP contribution >= 0.6 is 0 Å². The van der Waals surface area contributed by atoms with Crippen LogP contribution in [-0.2, 0) is 4.79 Å².